The Balaban J connectivity index is 1.61. The smallest absolute Gasteiger partial charge is 0.272 e. The van der Waals surface area contributed by atoms with Crippen LogP contribution >= 0.6 is 0 Å². The van der Waals surface area contributed by atoms with E-state index in [4.69, 9.17) is 0 Å². The molecule has 192 valence electrons. The van der Waals surface area contributed by atoms with E-state index in [0.29, 0.717) is 17.9 Å². The number of hydrogen-bond acceptors (Lipinski definition) is 3. The molecule has 0 unspecified atom stereocenters. The second-order valence-electron chi connectivity index (χ2n) is 11.3. The van der Waals surface area contributed by atoms with Crippen LogP contribution in [0.2, 0.25) is 13.1 Å². The third kappa shape index (κ3) is 5.05. The van der Waals surface area contributed by atoms with Crippen molar-refractivity contribution in [1.82, 2.24) is 9.55 Å². The number of nitrogens with one attached hydrogen (secondary N) is 1. The van der Waals surface area contributed by atoms with Crippen LogP contribution in [0.15, 0.2) is 60.8 Å². The predicted molar refractivity (Wildman–Crippen MR) is 154 cm³/mol. The van der Waals surface area contributed by atoms with Gasteiger partial charge < -0.3 is 14.8 Å². The third-order valence-corrected chi connectivity index (χ3v) is 8.92. The molecule has 37 heavy (non-hydrogen) atoms. The van der Waals surface area contributed by atoms with Crippen molar-refractivity contribution in [2.24, 2.45) is 0 Å². The van der Waals surface area contributed by atoms with Crippen molar-refractivity contribution >= 4 is 42.3 Å². The molecule has 1 N–H and O–H groups in total. The van der Waals surface area contributed by atoms with Crippen molar-refractivity contribution in [2.45, 2.75) is 52.2 Å². The molecular formula is C30H35FN4OSi. The van der Waals surface area contributed by atoms with Gasteiger partial charge in [-0.05, 0) is 69.9 Å². The minimum atomic E-state index is -1.45. The number of rotatable bonds is 6. The highest BCUT2D eigenvalue weighted by atomic mass is 28.3. The van der Waals surface area contributed by atoms with Gasteiger partial charge >= 0.3 is 0 Å². The zero-order valence-electron chi connectivity index (χ0n) is 22.3. The minimum absolute atomic E-state index is 0.0129. The lowest BCUT2D eigenvalue weighted by Crippen LogP contribution is -2.37. The van der Waals surface area contributed by atoms with E-state index >= 15 is 0 Å². The second-order valence-corrected chi connectivity index (χ2v) is 14.2. The maximum Gasteiger partial charge on any atom is 0.272 e. The van der Waals surface area contributed by atoms with Gasteiger partial charge in [0.25, 0.3) is 5.91 Å². The summed E-state index contributed by atoms with van der Waals surface area (Å²) in [5.41, 5.74) is 4.38. The van der Waals surface area contributed by atoms with Gasteiger partial charge in [-0.15, -0.1) is 0 Å². The number of carbonyl (C=O) groups is 1. The number of hydrogen-bond donors (Lipinski definition) is 1. The zero-order valence-corrected chi connectivity index (χ0v) is 23.5. The van der Waals surface area contributed by atoms with Crippen LogP contribution in [0.25, 0.3) is 10.9 Å². The van der Waals surface area contributed by atoms with Crippen molar-refractivity contribution in [2.75, 3.05) is 23.3 Å². The Hall–Kier alpha value is -3.45. The molecule has 1 fully saturated rings. The quantitative estimate of drug-likeness (QED) is 0.337. The van der Waals surface area contributed by atoms with Crippen LogP contribution in [-0.2, 0) is 12.0 Å². The fourth-order valence-electron chi connectivity index (χ4n) is 5.04. The molecule has 1 aliphatic rings. The first-order chi connectivity index (χ1) is 17.6. The van der Waals surface area contributed by atoms with E-state index in [1.165, 1.54) is 18.1 Å². The second kappa shape index (κ2) is 9.78. The van der Waals surface area contributed by atoms with Gasteiger partial charge in [0.1, 0.15) is 17.3 Å². The number of aromatic nitrogens is 2. The number of pyridine rings is 1. The highest BCUT2D eigenvalue weighted by Crippen LogP contribution is 2.29. The normalized spacial score (nSPS) is 13.8. The maximum absolute atomic E-state index is 14.1. The standard InChI is InChI=1S/C30H35FN4OSi/c1-30(2,3)21-10-12-25-24(17-21)28(37(4)5)27(35(25)19-20-8-6-9-22(31)16-20)29(36)33-23-11-13-26(32-18-23)34-14-7-15-34/h6,8-13,16-18,37H,7,14-15,19H2,1-5H3,(H,33,36). The number of carbonyl (C=O) groups excluding carboxylic acids is 1. The van der Waals surface area contributed by atoms with Gasteiger partial charge in [-0.25, -0.2) is 9.37 Å². The molecule has 0 spiro atoms. The number of nitrogens with zero attached hydrogens (tertiary/aromatic N) is 3. The lowest BCUT2D eigenvalue weighted by Gasteiger charge is -2.31. The summed E-state index contributed by atoms with van der Waals surface area (Å²) >= 11 is 0. The van der Waals surface area contributed by atoms with Gasteiger partial charge in [0, 0.05) is 25.2 Å². The molecule has 1 amide bonds. The summed E-state index contributed by atoms with van der Waals surface area (Å²) in [7, 11) is -1.45. The van der Waals surface area contributed by atoms with Crippen LogP contribution in [0, 0.1) is 5.82 Å². The molecule has 5 rings (SSSR count). The molecule has 1 aliphatic heterocycles. The van der Waals surface area contributed by atoms with Crippen molar-refractivity contribution in [1.29, 1.82) is 0 Å². The summed E-state index contributed by atoms with van der Waals surface area (Å²) in [6.07, 6.45) is 2.92. The van der Waals surface area contributed by atoms with E-state index in [2.05, 4.69) is 71.8 Å². The SMILES string of the molecule is C[SiH](C)c1c(C(=O)Nc2ccc(N3CCC3)nc2)n(Cc2cccc(F)c2)c2ccc(C(C)(C)C)cc12. The van der Waals surface area contributed by atoms with Crippen LogP contribution in [0.4, 0.5) is 15.9 Å². The maximum atomic E-state index is 14.1. The summed E-state index contributed by atoms with van der Waals surface area (Å²) in [5, 5.41) is 5.37. The van der Waals surface area contributed by atoms with E-state index in [9.17, 15) is 9.18 Å². The Morgan fingerprint density at radius 2 is 1.86 bits per heavy atom. The number of halogens is 1. The van der Waals surface area contributed by atoms with E-state index in [1.54, 1.807) is 18.3 Å². The van der Waals surface area contributed by atoms with Crippen molar-refractivity contribution in [3.05, 3.63) is 83.4 Å². The number of anilines is 2. The van der Waals surface area contributed by atoms with E-state index in [1.807, 2.05) is 18.2 Å². The van der Waals surface area contributed by atoms with Gasteiger partial charge in [0.05, 0.1) is 20.7 Å². The van der Waals surface area contributed by atoms with Crippen LogP contribution in [-0.4, -0.2) is 37.3 Å². The highest BCUT2D eigenvalue weighted by Gasteiger charge is 2.27. The van der Waals surface area contributed by atoms with Crippen LogP contribution in [0.3, 0.4) is 0 Å². The Bertz CT molecular complexity index is 1450. The summed E-state index contributed by atoms with van der Waals surface area (Å²) in [6.45, 7) is 13.6. The first-order valence-corrected chi connectivity index (χ1v) is 15.9. The third-order valence-electron chi connectivity index (χ3n) is 7.18. The monoisotopic (exact) mass is 514 g/mol. The van der Waals surface area contributed by atoms with Gasteiger partial charge in [0.2, 0.25) is 0 Å². The molecule has 2 aromatic heterocycles. The molecular weight excluding hydrogens is 479 g/mol. The largest absolute Gasteiger partial charge is 0.356 e. The Morgan fingerprint density at radius 3 is 2.46 bits per heavy atom. The van der Waals surface area contributed by atoms with Gasteiger partial charge in [-0.3, -0.25) is 4.79 Å². The molecule has 0 saturated carbocycles. The van der Waals surface area contributed by atoms with Gasteiger partial charge in [0.15, 0.2) is 0 Å². The molecule has 2 aromatic carbocycles. The topological polar surface area (TPSA) is 50.2 Å². The molecule has 0 aliphatic carbocycles. The molecule has 0 atom stereocenters. The Labute approximate surface area is 219 Å². The number of amides is 1. The predicted octanol–water partition coefficient (Wildman–Crippen LogP) is 5.68. The average Bonchev–Trinajstić information content (AvgIpc) is 3.12. The summed E-state index contributed by atoms with van der Waals surface area (Å²) < 4.78 is 16.1. The van der Waals surface area contributed by atoms with Gasteiger partial charge in [-0.1, -0.05) is 52.1 Å². The minimum Gasteiger partial charge on any atom is -0.356 e. The fourth-order valence-corrected chi connectivity index (χ4v) is 6.73. The molecule has 4 aromatic rings. The fraction of sp³-hybridized carbons (Fsp3) is 0.333. The van der Waals surface area contributed by atoms with Crippen molar-refractivity contribution < 1.29 is 9.18 Å². The number of benzene rings is 2. The lowest BCUT2D eigenvalue weighted by molar-refractivity contribution is 0.102. The van der Waals surface area contributed by atoms with E-state index < -0.39 is 8.80 Å². The van der Waals surface area contributed by atoms with E-state index in [-0.39, 0.29) is 17.1 Å². The van der Waals surface area contributed by atoms with Crippen LogP contribution < -0.4 is 15.4 Å². The van der Waals surface area contributed by atoms with Crippen LogP contribution in [0.1, 0.15) is 48.8 Å². The molecule has 0 bridgehead atoms. The van der Waals surface area contributed by atoms with Crippen LogP contribution in [0.5, 0.6) is 0 Å². The zero-order chi connectivity index (χ0) is 26.3. The molecule has 0 radical (unpaired) electrons. The number of fused-ring (bicyclic) bond motifs is 1. The molecule has 3 heterocycles. The van der Waals surface area contributed by atoms with E-state index in [0.717, 1.165) is 40.6 Å². The Morgan fingerprint density at radius 1 is 1.08 bits per heavy atom. The van der Waals surface area contributed by atoms with Crippen molar-refractivity contribution in [3.63, 3.8) is 0 Å². The summed E-state index contributed by atoms with van der Waals surface area (Å²) in [5.74, 6) is 0.510. The molecule has 1 saturated heterocycles. The Kier molecular flexibility index (Phi) is 6.66. The van der Waals surface area contributed by atoms with Gasteiger partial charge in [-0.2, -0.15) is 0 Å². The molecule has 7 heteroatoms. The highest BCUT2D eigenvalue weighted by molar-refractivity contribution is 6.74. The van der Waals surface area contributed by atoms with Crippen molar-refractivity contribution in [3.8, 4) is 0 Å². The summed E-state index contributed by atoms with van der Waals surface area (Å²) in [6, 6.07) is 17.0. The first-order valence-electron chi connectivity index (χ1n) is 13.1. The summed E-state index contributed by atoms with van der Waals surface area (Å²) in [4.78, 5) is 20.7. The average molecular weight is 515 g/mol. The first kappa shape index (κ1) is 25.2. The molecule has 5 nitrogen and oxygen atoms in total. The lowest BCUT2D eigenvalue weighted by atomic mass is 9.86.